The van der Waals surface area contributed by atoms with Crippen LogP contribution in [0.5, 0.6) is 11.5 Å². The van der Waals surface area contributed by atoms with E-state index in [2.05, 4.69) is 46.4 Å². The number of nitrogens with zero attached hydrogens (tertiary/aromatic N) is 2. The molecule has 1 N–H and O–H groups in total. The summed E-state index contributed by atoms with van der Waals surface area (Å²) < 4.78 is 17.1. The summed E-state index contributed by atoms with van der Waals surface area (Å²) in [6.45, 7) is 7.62. The predicted octanol–water partition coefficient (Wildman–Crippen LogP) is 3.55. The van der Waals surface area contributed by atoms with E-state index in [1.807, 2.05) is 32.2 Å². The van der Waals surface area contributed by atoms with E-state index in [9.17, 15) is 0 Å². The normalized spacial score (nSPS) is 17.2. The van der Waals surface area contributed by atoms with Crippen LogP contribution in [-0.2, 0) is 11.3 Å². The summed E-state index contributed by atoms with van der Waals surface area (Å²) in [5.41, 5.74) is 3.60. The second kappa shape index (κ2) is 10.2. The number of ether oxygens (including phenoxy) is 3. The highest BCUT2D eigenvalue weighted by Gasteiger charge is 2.25. The summed E-state index contributed by atoms with van der Waals surface area (Å²) in [4.78, 5) is 6.74. The third-order valence-electron chi connectivity index (χ3n) is 5.09. The largest absolute Gasteiger partial charge is 0.493 e. The van der Waals surface area contributed by atoms with Crippen molar-refractivity contribution in [1.82, 2.24) is 10.2 Å². The molecule has 0 amide bonds. The molecule has 1 aliphatic heterocycles. The average Bonchev–Trinajstić information content (AvgIpc) is 2.75. The minimum Gasteiger partial charge on any atom is -0.493 e. The van der Waals surface area contributed by atoms with Crippen LogP contribution in [0.15, 0.2) is 47.5 Å². The first-order chi connectivity index (χ1) is 14.2. The van der Waals surface area contributed by atoms with E-state index in [0.29, 0.717) is 19.8 Å². The first-order valence-electron chi connectivity index (χ1n) is 10.1. The zero-order valence-electron chi connectivity index (χ0n) is 17.8. The van der Waals surface area contributed by atoms with Gasteiger partial charge in [-0.05, 0) is 42.7 Å². The highest BCUT2D eigenvalue weighted by atomic mass is 16.5. The fourth-order valence-corrected chi connectivity index (χ4v) is 3.59. The average molecular weight is 398 g/mol. The molecule has 0 aliphatic carbocycles. The van der Waals surface area contributed by atoms with Gasteiger partial charge < -0.3 is 24.4 Å². The molecule has 0 aromatic heterocycles. The zero-order valence-corrected chi connectivity index (χ0v) is 17.8. The lowest BCUT2D eigenvalue weighted by atomic mass is 10.0. The number of hydrogen-bond donors (Lipinski definition) is 1. The molecule has 2 aromatic rings. The second-order valence-electron chi connectivity index (χ2n) is 6.98. The van der Waals surface area contributed by atoms with Crippen LogP contribution in [0, 0.1) is 6.92 Å². The summed E-state index contributed by atoms with van der Waals surface area (Å²) in [7, 11) is 3.48. The summed E-state index contributed by atoms with van der Waals surface area (Å²) in [5.74, 6) is 2.38. The maximum atomic E-state index is 6.04. The van der Waals surface area contributed by atoms with E-state index in [0.717, 1.165) is 36.1 Å². The summed E-state index contributed by atoms with van der Waals surface area (Å²) in [6.07, 6.45) is 0.0501. The van der Waals surface area contributed by atoms with Gasteiger partial charge in [-0.2, -0.15) is 0 Å². The van der Waals surface area contributed by atoms with E-state index < -0.39 is 0 Å². The molecule has 1 aliphatic rings. The Morgan fingerprint density at radius 2 is 2.07 bits per heavy atom. The van der Waals surface area contributed by atoms with Crippen molar-refractivity contribution in [2.75, 3.05) is 40.5 Å². The van der Waals surface area contributed by atoms with Crippen molar-refractivity contribution in [3.8, 4) is 11.5 Å². The van der Waals surface area contributed by atoms with Gasteiger partial charge >= 0.3 is 0 Å². The van der Waals surface area contributed by atoms with Crippen LogP contribution in [0.2, 0.25) is 0 Å². The third kappa shape index (κ3) is 5.21. The van der Waals surface area contributed by atoms with Crippen LogP contribution in [-0.4, -0.2) is 51.3 Å². The molecule has 0 radical (unpaired) electrons. The molecule has 1 heterocycles. The number of nitrogens with one attached hydrogen (secondary N) is 1. The number of rotatable bonds is 6. The van der Waals surface area contributed by atoms with Crippen LogP contribution >= 0.6 is 0 Å². The Labute approximate surface area is 173 Å². The van der Waals surface area contributed by atoms with Gasteiger partial charge in [0.05, 0.1) is 26.9 Å². The molecule has 1 saturated heterocycles. The highest BCUT2D eigenvalue weighted by molar-refractivity contribution is 5.80. The quantitative estimate of drug-likeness (QED) is 0.597. The predicted molar refractivity (Wildman–Crippen MR) is 116 cm³/mol. The number of aryl methyl sites for hydroxylation is 1. The molecular formula is C23H31N3O3. The van der Waals surface area contributed by atoms with Crippen LogP contribution in [0.25, 0.3) is 0 Å². The summed E-state index contributed by atoms with van der Waals surface area (Å²) in [6, 6.07) is 14.4. The minimum absolute atomic E-state index is 0.0501. The molecule has 156 valence electrons. The van der Waals surface area contributed by atoms with E-state index in [-0.39, 0.29) is 6.10 Å². The zero-order chi connectivity index (χ0) is 20.6. The lowest BCUT2D eigenvalue weighted by molar-refractivity contribution is -0.00833. The Hall–Kier alpha value is -2.73. The Balaban J connectivity index is 1.65. The monoisotopic (exact) mass is 397 g/mol. The van der Waals surface area contributed by atoms with E-state index in [1.165, 1.54) is 11.1 Å². The van der Waals surface area contributed by atoms with Gasteiger partial charge in [0.1, 0.15) is 6.10 Å². The van der Waals surface area contributed by atoms with E-state index in [1.54, 1.807) is 7.11 Å². The first-order valence-corrected chi connectivity index (χ1v) is 10.1. The second-order valence-corrected chi connectivity index (χ2v) is 6.98. The number of morpholine rings is 1. The van der Waals surface area contributed by atoms with Gasteiger partial charge in [0.25, 0.3) is 0 Å². The van der Waals surface area contributed by atoms with Crippen molar-refractivity contribution < 1.29 is 14.2 Å². The summed E-state index contributed by atoms with van der Waals surface area (Å²) >= 11 is 0. The molecule has 0 bridgehead atoms. The van der Waals surface area contributed by atoms with Gasteiger partial charge in [-0.15, -0.1) is 0 Å². The van der Waals surface area contributed by atoms with Crippen LogP contribution < -0.4 is 14.8 Å². The van der Waals surface area contributed by atoms with Gasteiger partial charge in [0.2, 0.25) is 0 Å². The van der Waals surface area contributed by atoms with Crippen LogP contribution in [0.4, 0.5) is 0 Å². The van der Waals surface area contributed by atoms with Crippen molar-refractivity contribution in [3.05, 3.63) is 59.2 Å². The third-order valence-corrected chi connectivity index (χ3v) is 5.09. The van der Waals surface area contributed by atoms with Crippen molar-refractivity contribution in [3.63, 3.8) is 0 Å². The van der Waals surface area contributed by atoms with Crippen molar-refractivity contribution in [2.45, 2.75) is 26.5 Å². The molecule has 3 rings (SSSR count). The lowest BCUT2D eigenvalue weighted by Crippen LogP contribution is -2.48. The van der Waals surface area contributed by atoms with Crippen LogP contribution in [0.1, 0.15) is 29.7 Å². The van der Waals surface area contributed by atoms with E-state index in [4.69, 9.17) is 14.2 Å². The van der Waals surface area contributed by atoms with Gasteiger partial charge in [-0.3, -0.25) is 4.99 Å². The maximum absolute atomic E-state index is 6.04. The minimum atomic E-state index is 0.0501. The molecule has 6 nitrogen and oxygen atoms in total. The standard InChI is InChI=1S/C23H31N3O3/c1-5-28-20-11-10-18(14-21(20)27-4)15-25-23(24-3)26-12-13-29-22(16-26)19-9-7-6-8-17(19)2/h6-11,14,22H,5,12-13,15-16H2,1-4H3,(H,24,25). The molecule has 0 spiro atoms. The molecule has 6 heteroatoms. The molecule has 1 fully saturated rings. The molecule has 2 aromatic carbocycles. The first kappa shape index (κ1) is 21.0. The number of guanidine groups is 1. The molecular weight excluding hydrogens is 366 g/mol. The van der Waals surface area contributed by atoms with Crippen molar-refractivity contribution in [1.29, 1.82) is 0 Å². The Morgan fingerprint density at radius 3 is 2.79 bits per heavy atom. The lowest BCUT2D eigenvalue weighted by Gasteiger charge is -2.35. The molecule has 1 atom stereocenters. The smallest absolute Gasteiger partial charge is 0.194 e. The van der Waals surface area contributed by atoms with Crippen LogP contribution in [0.3, 0.4) is 0 Å². The molecule has 29 heavy (non-hydrogen) atoms. The SMILES string of the molecule is CCOc1ccc(CNC(=NC)N2CCOC(c3ccccc3C)C2)cc1OC. The van der Waals surface area contributed by atoms with Crippen molar-refractivity contribution >= 4 is 5.96 Å². The number of aliphatic imine (C=N–C) groups is 1. The van der Waals surface area contributed by atoms with Gasteiger partial charge in [0, 0.05) is 20.1 Å². The number of hydrogen-bond acceptors (Lipinski definition) is 4. The summed E-state index contributed by atoms with van der Waals surface area (Å²) in [5, 5.41) is 3.47. The van der Waals surface area contributed by atoms with Gasteiger partial charge in [-0.1, -0.05) is 30.3 Å². The number of benzene rings is 2. The Kier molecular flexibility index (Phi) is 7.36. The number of methoxy groups -OCH3 is 1. The van der Waals surface area contributed by atoms with Gasteiger partial charge in [-0.25, -0.2) is 0 Å². The highest BCUT2D eigenvalue weighted by Crippen LogP contribution is 2.28. The molecule has 0 saturated carbocycles. The molecule has 1 unspecified atom stereocenters. The maximum Gasteiger partial charge on any atom is 0.194 e. The fraction of sp³-hybridized carbons (Fsp3) is 0.435. The Bertz CT molecular complexity index is 838. The van der Waals surface area contributed by atoms with Crippen molar-refractivity contribution in [2.24, 2.45) is 4.99 Å². The van der Waals surface area contributed by atoms with E-state index >= 15 is 0 Å². The Morgan fingerprint density at radius 1 is 1.24 bits per heavy atom. The topological polar surface area (TPSA) is 55.3 Å². The fourth-order valence-electron chi connectivity index (χ4n) is 3.59. The van der Waals surface area contributed by atoms with Gasteiger partial charge in [0.15, 0.2) is 17.5 Å².